The molecular formula is C19H36N2. The van der Waals surface area contributed by atoms with Crippen LogP contribution in [0.1, 0.15) is 78.1 Å². The van der Waals surface area contributed by atoms with Crippen molar-refractivity contribution in [1.29, 1.82) is 0 Å². The van der Waals surface area contributed by atoms with Gasteiger partial charge in [0.25, 0.3) is 0 Å². The van der Waals surface area contributed by atoms with Gasteiger partial charge in [-0.05, 0) is 62.8 Å². The smallest absolute Gasteiger partial charge is 0.0124 e. The number of rotatable bonds is 7. The third-order valence-corrected chi connectivity index (χ3v) is 6.19. The fourth-order valence-electron chi connectivity index (χ4n) is 4.92. The molecule has 2 aliphatic carbocycles. The zero-order chi connectivity index (χ0) is 14.7. The molecule has 0 amide bonds. The Morgan fingerprint density at radius 1 is 1.05 bits per heavy atom. The molecule has 1 saturated heterocycles. The van der Waals surface area contributed by atoms with Gasteiger partial charge in [-0.2, -0.15) is 0 Å². The first-order valence-corrected chi connectivity index (χ1v) is 9.68. The van der Waals surface area contributed by atoms with Crippen molar-refractivity contribution < 1.29 is 0 Å². The van der Waals surface area contributed by atoms with Gasteiger partial charge in [0.15, 0.2) is 0 Å². The number of hydrogen-bond acceptors (Lipinski definition) is 2. The first kappa shape index (κ1) is 15.8. The Kier molecular flexibility index (Phi) is 5.27. The highest BCUT2D eigenvalue weighted by molar-refractivity contribution is 4.92. The van der Waals surface area contributed by atoms with Crippen LogP contribution in [0.2, 0.25) is 0 Å². The molecule has 0 aromatic heterocycles. The molecule has 0 radical (unpaired) electrons. The van der Waals surface area contributed by atoms with Crippen LogP contribution in [0, 0.1) is 11.3 Å². The lowest BCUT2D eigenvalue weighted by Crippen LogP contribution is -2.52. The SMILES string of the molecule is CCCC(C)(CNC1CC1)CN1CCCC2CCCCC21. The second-order valence-corrected chi connectivity index (χ2v) is 8.44. The zero-order valence-corrected chi connectivity index (χ0v) is 14.4. The summed E-state index contributed by atoms with van der Waals surface area (Å²) in [5.41, 5.74) is 0.483. The van der Waals surface area contributed by atoms with Gasteiger partial charge in [0, 0.05) is 25.2 Å². The fraction of sp³-hybridized carbons (Fsp3) is 1.00. The van der Waals surface area contributed by atoms with E-state index in [0.717, 1.165) is 18.0 Å². The van der Waals surface area contributed by atoms with Crippen molar-refractivity contribution in [3.8, 4) is 0 Å². The molecule has 3 rings (SSSR count). The number of piperidine rings is 1. The third-order valence-electron chi connectivity index (χ3n) is 6.19. The second-order valence-electron chi connectivity index (χ2n) is 8.44. The van der Waals surface area contributed by atoms with Crippen LogP contribution in [0.4, 0.5) is 0 Å². The van der Waals surface area contributed by atoms with Crippen LogP contribution in [0.25, 0.3) is 0 Å². The van der Waals surface area contributed by atoms with Gasteiger partial charge in [0.1, 0.15) is 0 Å². The van der Waals surface area contributed by atoms with Crippen molar-refractivity contribution in [2.45, 2.75) is 90.1 Å². The van der Waals surface area contributed by atoms with Gasteiger partial charge in [-0.3, -0.25) is 4.90 Å². The van der Waals surface area contributed by atoms with E-state index in [1.807, 2.05) is 0 Å². The first-order valence-electron chi connectivity index (χ1n) is 9.68. The predicted molar refractivity (Wildman–Crippen MR) is 90.6 cm³/mol. The number of likely N-dealkylation sites (tertiary alicyclic amines) is 1. The molecule has 1 heterocycles. The minimum Gasteiger partial charge on any atom is -0.313 e. The normalized spacial score (nSPS) is 33.4. The van der Waals surface area contributed by atoms with Gasteiger partial charge in [0.05, 0.1) is 0 Å². The van der Waals surface area contributed by atoms with Gasteiger partial charge in [0.2, 0.25) is 0 Å². The Morgan fingerprint density at radius 2 is 1.81 bits per heavy atom. The summed E-state index contributed by atoms with van der Waals surface area (Å²) in [6.45, 7) is 8.83. The maximum Gasteiger partial charge on any atom is 0.0124 e. The third kappa shape index (κ3) is 4.22. The van der Waals surface area contributed by atoms with Crippen molar-refractivity contribution in [1.82, 2.24) is 10.2 Å². The van der Waals surface area contributed by atoms with Crippen molar-refractivity contribution in [2.75, 3.05) is 19.6 Å². The van der Waals surface area contributed by atoms with Crippen LogP contribution in [0.5, 0.6) is 0 Å². The van der Waals surface area contributed by atoms with Gasteiger partial charge >= 0.3 is 0 Å². The van der Waals surface area contributed by atoms with Crippen molar-refractivity contribution >= 4 is 0 Å². The van der Waals surface area contributed by atoms with E-state index in [4.69, 9.17) is 0 Å². The largest absolute Gasteiger partial charge is 0.313 e. The lowest BCUT2D eigenvalue weighted by Gasteiger charge is -2.47. The molecule has 0 aromatic carbocycles. The average molecular weight is 293 g/mol. The molecule has 3 unspecified atom stereocenters. The minimum atomic E-state index is 0.483. The fourth-order valence-corrected chi connectivity index (χ4v) is 4.92. The Bertz CT molecular complexity index is 324. The summed E-state index contributed by atoms with van der Waals surface area (Å²) in [5.74, 6) is 1.02. The van der Waals surface area contributed by atoms with Crippen LogP contribution in [-0.4, -0.2) is 36.6 Å². The molecule has 3 aliphatic rings. The van der Waals surface area contributed by atoms with E-state index in [1.165, 1.54) is 83.8 Å². The molecule has 122 valence electrons. The molecule has 0 aromatic rings. The Morgan fingerprint density at radius 3 is 2.57 bits per heavy atom. The standard InChI is InChI=1S/C19H36N2/c1-3-12-19(2,14-20-17-10-11-17)15-21-13-6-8-16-7-4-5-9-18(16)21/h16-18,20H,3-15H2,1-2H3. The highest BCUT2D eigenvalue weighted by Crippen LogP contribution is 2.37. The van der Waals surface area contributed by atoms with E-state index in [9.17, 15) is 0 Å². The molecule has 1 N–H and O–H groups in total. The van der Waals surface area contributed by atoms with E-state index in [0.29, 0.717) is 5.41 Å². The summed E-state index contributed by atoms with van der Waals surface area (Å²) >= 11 is 0. The number of nitrogens with zero attached hydrogens (tertiary/aromatic N) is 1. The summed E-state index contributed by atoms with van der Waals surface area (Å²) < 4.78 is 0. The molecule has 0 spiro atoms. The molecule has 1 aliphatic heterocycles. The van der Waals surface area contributed by atoms with E-state index in [2.05, 4.69) is 24.1 Å². The molecule has 3 atom stereocenters. The van der Waals surface area contributed by atoms with E-state index in [1.54, 1.807) is 0 Å². The van der Waals surface area contributed by atoms with Crippen molar-refractivity contribution in [3.05, 3.63) is 0 Å². The Labute approximate surface area is 132 Å². The van der Waals surface area contributed by atoms with Crippen LogP contribution in [0.15, 0.2) is 0 Å². The number of hydrogen-bond donors (Lipinski definition) is 1. The van der Waals surface area contributed by atoms with Gasteiger partial charge in [-0.25, -0.2) is 0 Å². The molecule has 0 bridgehead atoms. The first-order chi connectivity index (χ1) is 10.2. The molecular weight excluding hydrogens is 256 g/mol. The molecule has 3 fully saturated rings. The summed E-state index contributed by atoms with van der Waals surface area (Å²) in [6, 6.07) is 1.77. The van der Waals surface area contributed by atoms with Crippen LogP contribution in [0.3, 0.4) is 0 Å². The van der Waals surface area contributed by atoms with Crippen LogP contribution >= 0.6 is 0 Å². The van der Waals surface area contributed by atoms with E-state index in [-0.39, 0.29) is 0 Å². The summed E-state index contributed by atoms with van der Waals surface area (Å²) in [4.78, 5) is 2.90. The topological polar surface area (TPSA) is 15.3 Å². The van der Waals surface area contributed by atoms with Crippen molar-refractivity contribution in [3.63, 3.8) is 0 Å². The molecule has 2 nitrogen and oxygen atoms in total. The van der Waals surface area contributed by atoms with Gasteiger partial charge in [-0.15, -0.1) is 0 Å². The number of nitrogens with one attached hydrogen (secondary N) is 1. The van der Waals surface area contributed by atoms with E-state index >= 15 is 0 Å². The quantitative estimate of drug-likeness (QED) is 0.756. The Balaban J connectivity index is 1.59. The lowest BCUT2D eigenvalue weighted by molar-refractivity contribution is 0.0250. The van der Waals surface area contributed by atoms with Crippen LogP contribution < -0.4 is 5.32 Å². The molecule has 2 saturated carbocycles. The van der Waals surface area contributed by atoms with Crippen LogP contribution in [-0.2, 0) is 0 Å². The highest BCUT2D eigenvalue weighted by atomic mass is 15.2. The minimum absolute atomic E-state index is 0.483. The average Bonchev–Trinajstić information content (AvgIpc) is 3.30. The highest BCUT2D eigenvalue weighted by Gasteiger charge is 2.37. The molecule has 21 heavy (non-hydrogen) atoms. The second kappa shape index (κ2) is 7.00. The lowest BCUT2D eigenvalue weighted by atomic mass is 9.76. The summed E-state index contributed by atoms with van der Waals surface area (Å²) in [6.07, 6.45) is 14.4. The van der Waals surface area contributed by atoms with Gasteiger partial charge in [-0.1, -0.05) is 33.1 Å². The monoisotopic (exact) mass is 292 g/mol. The maximum absolute atomic E-state index is 3.82. The Hall–Kier alpha value is -0.0800. The zero-order valence-electron chi connectivity index (χ0n) is 14.4. The van der Waals surface area contributed by atoms with Crippen molar-refractivity contribution in [2.24, 2.45) is 11.3 Å². The summed E-state index contributed by atoms with van der Waals surface area (Å²) in [7, 11) is 0. The van der Waals surface area contributed by atoms with Gasteiger partial charge < -0.3 is 5.32 Å². The maximum atomic E-state index is 3.82. The predicted octanol–water partition coefficient (Wildman–Crippen LogP) is 4.20. The number of fused-ring (bicyclic) bond motifs is 1. The molecule has 2 heteroatoms. The summed E-state index contributed by atoms with van der Waals surface area (Å²) in [5, 5.41) is 3.82. The van der Waals surface area contributed by atoms with E-state index < -0.39 is 0 Å².